The predicted octanol–water partition coefficient (Wildman–Crippen LogP) is 3.75. The molecule has 0 aliphatic carbocycles. The Morgan fingerprint density at radius 2 is 1.88 bits per heavy atom. The molecule has 2 amide bonds. The van der Waals surface area contributed by atoms with Crippen LogP contribution < -0.4 is 16.0 Å². The van der Waals surface area contributed by atoms with Gasteiger partial charge in [-0.2, -0.15) is 13.2 Å². The number of piperidine rings is 1. The maximum atomic E-state index is 12.9. The van der Waals surface area contributed by atoms with Gasteiger partial charge < -0.3 is 20.9 Å². The number of benzene rings is 1. The van der Waals surface area contributed by atoms with Crippen LogP contribution in [0.3, 0.4) is 0 Å². The van der Waals surface area contributed by atoms with E-state index >= 15 is 0 Å². The quantitative estimate of drug-likeness (QED) is 0.664. The molecule has 2 aromatic rings. The zero-order valence-electron chi connectivity index (χ0n) is 18.9. The fourth-order valence-electron chi connectivity index (χ4n) is 4.47. The average molecular weight is 476 g/mol. The number of halogens is 3. The highest BCUT2D eigenvalue weighted by Crippen LogP contribution is 2.35. The summed E-state index contributed by atoms with van der Waals surface area (Å²) in [6.45, 7) is 3.37. The molecule has 3 heterocycles. The van der Waals surface area contributed by atoms with Gasteiger partial charge in [0.15, 0.2) is 0 Å². The molecule has 0 spiro atoms. The molecule has 1 aromatic heterocycles. The molecule has 182 valence electrons. The summed E-state index contributed by atoms with van der Waals surface area (Å²) >= 11 is 0. The summed E-state index contributed by atoms with van der Waals surface area (Å²) in [5.41, 5.74) is 8.85. The van der Waals surface area contributed by atoms with Gasteiger partial charge in [-0.15, -0.1) is 0 Å². The molecule has 10 heteroatoms. The lowest BCUT2D eigenvalue weighted by atomic mass is 9.96. The topological polar surface area (TPSA) is 91.6 Å². The minimum absolute atomic E-state index is 0.0737. The van der Waals surface area contributed by atoms with Gasteiger partial charge in [-0.25, -0.2) is 4.98 Å². The van der Waals surface area contributed by atoms with E-state index in [0.717, 1.165) is 22.5 Å². The summed E-state index contributed by atoms with van der Waals surface area (Å²) in [4.78, 5) is 31.4. The number of amides is 2. The van der Waals surface area contributed by atoms with E-state index < -0.39 is 23.9 Å². The number of alkyl halides is 3. The van der Waals surface area contributed by atoms with Gasteiger partial charge in [-0.05, 0) is 49.1 Å². The van der Waals surface area contributed by atoms with Crippen molar-refractivity contribution in [3.05, 3.63) is 47.7 Å². The third kappa shape index (κ3) is 5.43. The van der Waals surface area contributed by atoms with Gasteiger partial charge in [0, 0.05) is 38.3 Å². The summed E-state index contributed by atoms with van der Waals surface area (Å²) in [6.07, 6.45) is -2.10. The summed E-state index contributed by atoms with van der Waals surface area (Å²) in [7, 11) is 0. The van der Waals surface area contributed by atoms with E-state index in [1.807, 2.05) is 42.2 Å². The second-order valence-corrected chi connectivity index (χ2v) is 9.06. The molecule has 7 nitrogen and oxygen atoms in total. The molecule has 3 N–H and O–H groups in total. The van der Waals surface area contributed by atoms with Gasteiger partial charge in [0.2, 0.25) is 11.8 Å². The first-order chi connectivity index (χ1) is 16.1. The highest BCUT2D eigenvalue weighted by atomic mass is 19.4. The summed E-state index contributed by atoms with van der Waals surface area (Å²) < 4.78 is 38.7. The number of anilines is 3. The number of aromatic nitrogens is 1. The largest absolute Gasteiger partial charge is 0.391 e. The molecule has 1 atom stereocenters. The molecule has 34 heavy (non-hydrogen) atoms. The highest BCUT2D eigenvalue weighted by molar-refractivity contribution is 5.88. The number of nitrogens with one attached hydrogen (secondary N) is 1. The minimum Gasteiger partial charge on any atom is -0.369 e. The normalized spacial score (nSPS) is 19.5. The van der Waals surface area contributed by atoms with Crippen LogP contribution in [0.25, 0.3) is 0 Å². The van der Waals surface area contributed by atoms with Crippen molar-refractivity contribution in [1.82, 2.24) is 9.88 Å². The molecule has 0 bridgehead atoms. The van der Waals surface area contributed by atoms with Crippen molar-refractivity contribution >= 4 is 29.0 Å². The van der Waals surface area contributed by atoms with Gasteiger partial charge in [0.25, 0.3) is 0 Å². The van der Waals surface area contributed by atoms with Crippen molar-refractivity contribution in [2.45, 2.75) is 38.9 Å². The first-order valence-electron chi connectivity index (χ1n) is 11.3. The predicted molar refractivity (Wildman–Crippen MR) is 122 cm³/mol. The van der Waals surface area contributed by atoms with Crippen LogP contribution in [0.4, 0.5) is 30.4 Å². The molecule has 1 aromatic carbocycles. The molecular formula is C24H28F3N5O2. The number of nitrogens with two attached hydrogens (primary N) is 1. The molecule has 2 fully saturated rings. The van der Waals surface area contributed by atoms with Crippen molar-refractivity contribution in [3.63, 3.8) is 0 Å². The van der Waals surface area contributed by atoms with Gasteiger partial charge in [0.05, 0.1) is 23.7 Å². The molecule has 2 aliphatic heterocycles. The molecule has 4 rings (SSSR count). The summed E-state index contributed by atoms with van der Waals surface area (Å²) in [5, 5.41) is 3.31. The lowest BCUT2D eigenvalue weighted by Gasteiger charge is -2.33. The minimum atomic E-state index is -4.13. The van der Waals surface area contributed by atoms with E-state index in [0.29, 0.717) is 32.0 Å². The van der Waals surface area contributed by atoms with Crippen LogP contribution in [0.5, 0.6) is 0 Å². The van der Waals surface area contributed by atoms with Crippen molar-refractivity contribution in [1.29, 1.82) is 0 Å². The standard InChI is InChI=1S/C24H28F3N5O2/c1-15-10-21(31-8-6-18(7-9-31)24(25,26)27)29-12-20(15)30-19-4-2-16(3-5-19)13-32-14-17(23(28)34)11-22(32)33/h2-5,10,12,17-18,30H,6-9,11,13-14H2,1H3,(H2,28,34). The molecule has 0 saturated carbocycles. The van der Waals surface area contributed by atoms with Crippen LogP contribution in [0.2, 0.25) is 0 Å². The molecule has 1 unspecified atom stereocenters. The van der Waals surface area contributed by atoms with Crippen molar-refractivity contribution in [3.8, 4) is 0 Å². The lowest BCUT2D eigenvalue weighted by Crippen LogP contribution is -2.39. The van der Waals surface area contributed by atoms with E-state index in [-0.39, 0.29) is 25.2 Å². The third-order valence-electron chi connectivity index (χ3n) is 6.60. The van der Waals surface area contributed by atoms with Crippen LogP contribution in [-0.2, 0) is 16.1 Å². The molecule has 0 radical (unpaired) electrons. The van der Waals surface area contributed by atoms with Crippen molar-refractivity contribution in [2.24, 2.45) is 17.6 Å². The van der Waals surface area contributed by atoms with E-state index in [1.165, 1.54) is 0 Å². The number of carbonyl (C=O) groups is 2. The maximum absolute atomic E-state index is 12.9. The number of hydrogen-bond acceptors (Lipinski definition) is 5. The first kappa shape index (κ1) is 23.8. The Labute approximate surface area is 196 Å². The zero-order valence-corrected chi connectivity index (χ0v) is 18.9. The van der Waals surface area contributed by atoms with Gasteiger partial charge >= 0.3 is 6.18 Å². The summed E-state index contributed by atoms with van der Waals surface area (Å²) in [6, 6.07) is 9.51. The molecule has 2 saturated heterocycles. The number of aryl methyl sites for hydroxylation is 1. The molecule has 2 aliphatic rings. The van der Waals surface area contributed by atoms with Crippen molar-refractivity contribution in [2.75, 3.05) is 29.9 Å². The summed E-state index contributed by atoms with van der Waals surface area (Å²) in [5.74, 6) is -1.50. The zero-order chi connectivity index (χ0) is 24.5. The van der Waals surface area contributed by atoms with Crippen LogP contribution in [0.15, 0.2) is 36.5 Å². The number of primary amides is 1. The number of likely N-dealkylation sites (tertiary alicyclic amines) is 1. The van der Waals surface area contributed by atoms with E-state index in [1.54, 1.807) is 11.1 Å². The van der Waals surface area contributed by atoms with E-state index in [4.69, 9.17) is 5.73 Å². The second kappa shape index (κ2) is 9.52. The van der Waals surface area contributed by atoms with Gasteiger partial charge in [-0.3, -0.25) is 9.59 Å². The lowest BCUT2D eigenvalue weighted by molar-refractivity contribution is -0.179. The SMILES string of the molecule is Cc1cc(N2CCC(C(F)(F)F)CC2)ncc1Nc1ccc(CN2CC(C(N)=O)CC2=O)cc1. The van der Waals surface area contributed by atoms with Crippen LogP contribution in [0, 0.1) is 18.8 Å². The van der Waals surface area contributed by atoms with E-state index in [2.05, 4.69) is 10.3 Å². The number of pyridine rings is 1. The van der Waals surface area contributed by atoms with Crippen LogP contribution in [-0.4, -0.2) is 47.5 Å². The monoisotopic (exact) mass is 475 g/mol. The highest BCUT2D eigenvalue weighted by Gasteiger charge is 2.41. The first-order valence-corrected chi connectivity index (χ1v) is 11.3. The average Bonchev–Trinajstić information content (AvgIpc) is 3.16. The Morgan fingerprint density at radius 3 is 2.44 bits per heavy atom. The Hall–Kier alpha value is -3.30. The Kier molecular flexibility index (Phi) is 6.67. The van der Waals surface area contributed by atoms with Gasteiger partial charge in [0.1, 0.15) is 5.82 Å². The number of carbonyl (C=O) groups excluding carboxylic acids is 2. The Bertz CT molecular complexity index is 1050. The fourth-order valence-corrected chi connectivity index (χ4v) is 4.47. The Morgan fingerprint density at radius 1 is 1.21 bits per heavy atom. The van der Waals surface area contributed by atoms with Crippen LogP contribution in [0.1, 0.15) is 30.4 Å². The smallest absolute Gasteiger partial charge is 0.369 e. The third-order valence-corrected chi connectivity index (χ3v) is 6.60. The Balaban J connectivity index is 1.34. The molecular weight excluding hydrogens is 447 g/mol. The van der Waals surface area contributed by atoms with Crippen molar-refractivity contribution < 1.29 is 22.8 Å². The fraction of sp³-hybridized carbons (Fsp3) is 0.458. The number of hydrogen-bond donors (Lipinski definition) is 2. The number of rotatable bonds is 6. The van der Waals surface area contributed by atoms with E-state index in [9.17, 15) is 22.8 Å². The second-order valence-electron chi connectivity index (χ2n) is 9.06. The number of nitrogens with zero attached hydrogens (tertiary/aromatic N) is 3. The van der Waals surface area contributed by atoms with Gasteiger partial charge in [-0.1, -0.05) is 12.1 Å². The maximum Gasteiger partial charge on any atom is 0.391 e. The van der Waals surface area contributed by atoms with Crippen LogP contribution >= 0.6 is 0 Å².